The van der Waals surface area contributed by atoms with Gasteiger partial charge in [-0.15, -0.1) is 0 Å². The summed E-state index contributed by atoms with van der Waals surface area (Å²) in [6, 6.07) is 12.1. The maximum Gasteiger partial charge on any atom is 0.415 e. The second kappa shape index (κ2) is 30.6. The number of carbonyl (C=O) groups is 5. The molecule has 12 atom stereocenters. The van der Waals surface area contributed by atoms with Crippen LogP contribution in [0.3, 0.4) is 0 Å². The van der Waals surface area contributed by atoms with Crippen LogP contribution >= 0.6 is 11.6 Å². The van der Waals surface area contributed by atoms with Crippen molar-refractivity contribution in [3.8, 4) is 0 Å². The first kappa shape index (κ1) is 76.5. The Bertz CT molecular complexity index is 5130. The summed E-state index contributed by atoms with van der Waals surface area (Å²) in [5.41, 5.74) is 4.67. The van der Waals surface area contributed by atoms with Crippen molar-refractivity contribution >= 4 is 105 Å². The Hall–Kier alpha value is -11.2. The summed E-state index contributed by atoms with van der Waals surface area (Å²) in [5, 5.41) is 59.3. The molecule has 3 unspecified atom stereocenters. The maximum absolute atomic E-state index is 13.6. The van der Waals surface area contributed by atoms with E-state index in [4.69, 9.17) is 26.8 Å². The Balaban J connectivity index is 0.000000142. The summed E-state index contributed by atoms with van der Waals surface area (Å²) in [6.07, 6.45) is 7.94. The highest BCUT2D eigenvalue weighted by atomic mass is 35.5. The minimum Gasteiger partial charge on any atom is -0.443 e. The lowest BCUT2D eigenvalue weighted by Crippen LogP contribution is -2.50. The molecule has 108 heavy (non-hydrogen) atoms. The quantitative estimate of drug-likeness (QED) is 0.0463. The largest absolute Gasteiger partial charge is 0.443 e. The number of pyridine rings is 3. The number of hydrogen-bond acceptors (Lipinski definition) is 23. The van der Waals surface area contributed by atoms with Crippen LogP contribution in [-0.4, -0.2) is 190 Å². The predicted molar refractivity (Wildman–Crippen MR) is 391 cm³/mol. The molecule has 574 valence electrons. The number of amides is 5. The highest BCUT2D eigenvalue weighted by Gasteiger charge is 2.43. The first-order valence-corrected chi connectivity index (χ1v) is 35.3. The van der Waals surface area contributed by atoms with Gasteiger partial charge in [-0.1, -0.05) is 11.6 Å². The van der Waals surface area contributed by atoms with Gasteiger partial charge in [0.2, 0.25) is 0 Å². The van der Waals surface area contributed by atoms with Gasteiger partial charge in [-0.25, -0.2) is 37.7 Å². The number of carbonyl (C=O) groups excluding carboxylic acids is 5. The van der Waals surface area contributed by atoms with Crippen LogP contribution in [-0.2, 0) is 9.47 Å². The van der Waals surface area contributed by atoms with E-state index in [2.05, 4.69) is 62.1 Å². The number of anilines is 8. The summed E-state index contributed by atoms with van der Waals surface area (Å²) < 4.78 is 58.7. The average molecular weight is 1520 g/mol. The Morgan fingerprint density at radius 3 is 1.25 bits per heavy atom. The van der Waals surface area contributed by atoms with Gasteiger partial charge >= 0.3 is 12.2 Å². The topological polar surface area (TPSA) is 426 Å². The minimum absolute atomic E-state index is 0.103. The highest BCUT2D eigenvalue weighted by molar-refractivity contribution is 6.30. The predicted octanol–water partition coefficient (Wildman–Crippen LogP) is 6.47. The number of aliphatic hydroxyl groups excluding tert-OH is 3. The Morgan fingerprint density at radius 2 is 0.889 bits per heavy atom. The fourth-order valence-electron chi connectivity index (χ4n) is 11.7. The normalized spacial score (nSPS) is 22.8. The smallest absolute Gasteiger partial charge is 0.415 e. The molecule has 0 aromatic carbocycles. The fraction of sp³-hybridized carbons (Fsp3) is 0.457. The lowest BCUT2D eigenvalue weighted by molar-refractivity contribution is 0.0448. The molecule has 9 aromatic heterocycles. The zero-order valence-corrected chi connectivity index (χ0v) is 61.0. The van der Waals surface area contributed by atoms with Crippen molar-refractivity contribution in [1.29, 1.82) is 0 Å². The molecule has 0 saturated heterocycles. The van der Waals surface area contributed by atoms with Gasteiger partial charge < -0.3 is 76.1 Å². The molecule has 6 aliphatic carbocycles. The van der Waals surface area contributed by atoms with E-state index in [1.807, 2.05) is 0 Å². The molecule has 34 nitrogen and oxygen atoms in total. The minimum atomic E-state index is -1.06. The van der Waals surface area contributed by atoms with Crippen molar-refractivity contribution in [2.45, 2.75) is 184 Å². The van der Waals surface area contributed by atoms with Gasteiger partial charge in [0.25, 0.3) is 34.4 Å². The summed E-state index contributed by atoms with van der Waals surface area (Å²) in [5.74, 6) is 0.297. The van der Waals surface area contributed by atoms with Gasteiger partial charge in [0.15, 0.2) is 16.9 Å². The van der Waals surface area contributed by atoms with Gasteiger partial charge in [0, 0.05) is 77.2 Å². The number of nitrogens with two attached hydrogens (primary N) is 1. The number of nitrogens with zero attached hydrogens (tertiary/aromatic N) is 14. The molecule has 0 radical (unpaired) electrons. The molecule has 0 bridgehead atoms. The SMILES string of the molecule is CN(C(=O)OC(C)(C)C)c1cc(Cl)nc2c(C(=O)NC3CC[C@H]3O)cnn12.CN(C(=O)OC(C)(C)C)c1cc(Nc2cccn([C@H]3C[C@@H]3F)c2=O)nc2c(C(=O)NC3CC[C@H]3O)cnn12.CNc1cc(Nc2cccn([C@H]3C[C@@H]3F)c2=O)nc2c(C(=O)NC3CC[C@H]3O)cnn12.Nc1cccn([C@H]2C[C@@H]2F)c1=O. The molecule has 11 N–H and O–H groups in total. The first-order valence-electron chi connectivity index (χ1n) is 34.9. The van der Waals surface area contributed by atoms with E-state index >= 15 is 0 Å². The molecule has 15 rings (SSSR count). The summed E-state index contributed by atoms with van der Waals surface area (Å²) in [4.78, 5) is 116. The van der Waals surface area contributed by atoms with E-state index in [0.717, 1.165) is 6.42 Å². The van der Waals surface area contributed by atoms with Crippen molar-refractivity contribution in [3.63, 3.8) is 0 Å². The van der Waals surface area contributed by atoms with E-state index in [1.165, 1.54) is 94.1 Å². The number of halogens is 4. The molecular formula is C70H83ClF3N21O13. The number of nitrogen functional groups attached to an aromatic ring is 1. The van der Waals surface area contributed by atoms with Crippen molar-refractivity contribution < 1.29 is 61.9 Å². The van der Waals surface area contributed by atoms with Crippen molar-refractivity contribution in [1.82, 2.24) is 73.4 Å². The summed E-state index contributed by atoms with van der Waals surface area (Å²) in [6.45, 7) is 10.5. The van der Waals surface area contributed by atoms with Crippen LogP contribution in [0.25, 0.3) is 16.9 Å². The van der Waals surface area contributed by atoms with Crippen LogP contribution in [0.4, 0.5) is 68.9 Å². The third-order valence-electron chi connectivity index (χ3n) is 18.6. The molecule has 0 aliphatic heterocycles. The van der Waals surface area contributed by atoms with E-state index in [9.17, 15) is 66.8 Å². The standard InChI is InChI=1S/C25H30FN7O5.C20H22FN7O3.C17H22ClN5O4.C8H9FN2O/c1-25(2,3)38-24(37)31(4)20-11-19(28-16-6-5-9-32(23(16)36)17-10-14(17)26)30-21-13(12-27-33(20)21)22(35)29-15-7-8-18(15)34;1-22-17-8-16(24-13-3-2-6-27(20(13)31)14-7-11(14)21)26-18-10(9-23-28(17)18)19(30)25-12-4-5-15(12)29;1-17(2,3)27-16(26)22(4)13-7-12(18)21-14-9(8-19-23(13)14)15(25)20-10-5-6-11(10)24;9-5-4-7(5)11-3-1-2-6(10)8(11)12/h5-6,9,11-12,14-15,17-18,34H,7-8,10H2,1-4H3,(H,28,30)(H,29,35);2-3,6,8-9,11-12,14-15,22,29H,4-5,7H2,1H3,(H,24,26)(H,25,30);7-8,10-11,24H,5-6H2,1-4H3,(H,20,25);1-3,5,7H,4,10H2/t14-,15?,17-,18+;11-,12?,14-,15+;10?,11-;5-,7-/m0010/s1. The lowest BCUT2D eigenvalue weighted by Gasteiger charge is -2.32. The van der Waals surface area contributed by atoms with Crippen LogP contribution in [0.15, 0.2) is 106 Å². The van der Waals surface area contributed by atoms with Gasteiger partial charge in [-0.05, 0) is 116 Å². The van der Waals surface area contributed by atoms with Gasteiger partial charge in [0.05, 0.1) is 78.8 Å². The van der Waals surface area contributed by atoms with E-state index in [0.29, 0.717) is 68.0 Å². The second-order valence-electron chi connectivity index (χ2n) is 29.0. The Kier molecular flexibility index (Phi) is 21.7. The zero-order valence-electron chi connectivity index (χ0n) is 60.2. The molecule has 38 heteroatoms. The Morgan fingerprint density at radius 1 is 0.537 bits per heavy atom. The zero-order chi connectivity index (χ0) is 77.7. The fourth-order valence-corrected chi connectivity index (χ4v) is 11.9. The molecule has 9 aromatic rings. The number of aromatic nitrogens is 12. The van der Waals surface area contributed by atoms with Crippen molar-refractivity contribution in [2.75, 3.05) is 52.6 Å². The highest BCUT2D eigenvalue weighted by Crippen LogP contribution is 2.40. The van der Waals surface area contributed by atoms with Crippen molar-refractivity contribution in [2.24, 2.45) is 0 Å². The van der Waals surface area contributed by atoms with Gasteiger partial charge in [-0.2, -0.15) is 28.8 Å². The number of nitrogens with one attached hydrogen (secondary N) is 6. The van der Waals surface area contributed by atoms with Crippen LogP contribution in [0.1, 0.15) is 149 Å². The molecule has 6 aliphatic rings. The number of alkyl halides is 3. The summed E-state index contributed by atoms with van der Waals surface area (Å²) >= 11 is 6.10. The maximum atomic E-state index is 13.6. The first-order chi connectivity index (χ1) is 51.1. The molecular weight excluding hydrogens is 1440 g/mol. The number of hydrogen-bond donors (Lipinski definition) is 10. The van der Waals surface area contributed by atoms with Crippen molar-refractivity contribution in [3.05, 3.63) is 145 Å². The van der Waals surface area contributed by atoms with Gasteiger partial charge in [-0.3, -0.25) is 38.6 Å². The molecule has 9 heterocycles. The molecule has 6 saturated carbocycles. The third kappa shape index (κ3) is 16.8. The average Bonchev–Trinajstić information content (AvgIpc) is 1.61. The summed E-state index contributed by atoms with van der Waals surface area (Å²) in [7, 11) is 4.71. The third-order valence-corrected chi connectivity index (χ3v) is 18.8. The lowest BCUT2D eigenvalue weighted by atomic mass is 9.89. The van der Waals surface area contributed by atoms with E-state index in [-0.39, 0.29) is 109 Å². The van der Waals surface area contributed by atoms with Gasteiger partial charge in [0.1, 0.15) is 92.0 Å². The van der Waals surface area contributed by atoms with Crippen LogP contribution in [0, 0.1) is 0 Å². The number of rotatable bonds is 16. The number of ether oxygens (including phenoxy) is 2. The Labute approximate surface area is 618 Å². The van der Waals surface area contributed by atoms with Crippen LogP contribution in [0.5, 0.6) is 0 Å². The molecule has 6 fully saturated rings. The monoisotopic (exact) mass is 1520 g/mol. The van der Waals surface area contributed by atoms with Crippen LogP contribution < -0.4 is 64.1 Å². The number of aliphatic hydroxyl groups is 3. The molecule has 0 spiro atoms. The second-order valence-corrected chi connectivity index (χ2v) is 29.4. The van der Waals surface area contributed by atoms with E-state index in [1.54, 1.807) is 97.4 Å². The molecule has 5 amide bonds. The van der Waals surface area contributed by atoms with E-state index < -0.39 is 89.7 Å². The van der Waals surface area contributed by atoms with Crippen LogP contribution in [0.2, 0.25) is 5.15 Å². The number of fused-ring (bicyclic) bond motifs is 3.